The minimum Gasteiger partial charge on any atom is -0.389 e. The van der Waals surface area contributed by atoms with E-state index in [0.29, 0.717) is 25.9 Å². The van der Waals surface area contributed by atoms with Crippen molar-refractivity contribution in [1.29, 1.82) is 0 Å². The second kappa shape index (κ2) is 5.84. The van der Waals surface area contributed by atoms with Crippen LogP contribution in [0.4, 0.5) is 0 Å². The largest absolute Gasteiger partial charge is 0.389 e. The van der Waals surface area contributed by atoms with Gasteiger partial charge in [-0.1, -0.05) is 0 Å². The summed E-state index contributed by atoms with van der Waals surface area (Å²) in [6, 6.07) is 0.386. The highest BCUT2D eigenvalue weighted by Gasteiger charge is 2.55. The lowest BCUT2D eigenvalue weighted by molar-refractivity contribution is -0.221. The van der Waals surface area contributed by atoms with Crippen LogP contribution in [0.3, 0.4) is 0 Å². The normalized spacial score (nSPS) is 38.1. The van der Waals surface area contributed by atoms with E-state index in [1.54, 1.807) is 0 Å². The van der Waals surface area contributed by atoms with Crippen LogP contribution in [0, 0.1) is 25.7 Å². The van der Waals surface area contributed by atoms with Gasteiger partial charge in [0.25, 0.3) is 0 Å². The van der Waals surface area contributed by atoms with Crippen molar-refractivity contribution in [3.63, 3.8) is 0 Å². The van der Waals surface area contributed by atoms with Crippen molar-refractivity contribution < 1.29 is 14.6 Å². The zero-order valence-corrected chi connectivity index (χ0v) is 14.0. The Kier molecular flexibility index (Phi) is 3.96. The van der Waals surface area contributed by atoms with Gasteiger partial charge >= 0.3 is 0 Å². The van der Waals surface area contributed by atoms with Crippen molar-refractivity contribution in [3.05, 3.63) is 17.0 Å². The molecule has 0 aliphatic carbocycles. The van der Waals surface area contributed by atoms with Gasteiger partial charge in [-0.15, -0.1) is 0 Å². The zero-order chi connectivity index (χ0) is 16.0. The third-order valence-electron chi connectivity index (χ3n) is 6.20. The van der Waals surface area contributed by atoms with Crippen LogP contribution in [-0.4, -0.2) is 64.8 Å². The van der Waals surface area contributed by atoms with Crippen LogP contribution in [0.1, 0.15) is 29.8 Å². The molecule has 2 N–H and O–H groups in total. The number of aromatic nitrogens is 2. The fourth-order valence-corrected chi connectivity index (χ4v) is 4.76. The number of ether oxygens (including phenoxy) is 2. The number of hydrogen-bond acceptors (Lipinski definition) is 5. The van der Waals surface area contributed by atoms with Gasteiger partial charge in [-0.05, 0) is 20.3 Å². The fraction of sp³-hybridized carbons (Fsp3) is 0.824. The molecule has 3 fully saturated rings. The molecular weight excluding hydrogens is 294 g/mol. The van der Waals surface area contributed by atoms with E-state index in [-0.39, 0.29) is 11.8 Å². The summed E-state index contributed by atoms with van der Waals surface area (Å²) in [5.41, 5.74) is 2.89. The first-order valence-corrected chi connectivity index (χ1v) is 8.72. The molecule has 4 heterocycles. The molecule has 0 aromatic carbocycles. The SMILES string of the molecule is Cc1n[nH]c(C)c1CN1C[C@H]2COCC[C@@]2(O)[C@@H]2COCC[C@@H]21. The van der Waals surface area contributed by atoms with Crippen LogP contribution in [0.25, 0.3) is 0 Å². The maximum absolute atomic E-state index is 11.3. The van der Waals surface area contributed by atoms with Crippen LogP contribution in [-0.2, 0) is 16.0 Å². The lowest BCUT2D eigenvalue weighted by Gasteiger charge is -2.57. The van der Waals surface area contributed by atoms with Crippen molar-refractivity contribution in [2.45, 2.75) is 44.9 Å². The fourth-order valence-electron chi connectivity index (χ4n) is 4.76. The van der Waals surface area contributed by atoms with Crippen LogP contribution in [0.5, 0.6) is 0 Å². The van der Waals surface area contributed by atoms with E-state index in [1.165, 1.54) is 5.56 Å². The number of likely N-dealkylation sites (tertiary alicyclic amines) is 1. The van der Waals surface area contributed by atoms with E-state index in [4.69, 9.17) is 9.47 Å². The minimum atomic E-state index is -0.625. The van der Waals surface area contributed by atoms with Crippen molar-refractivity contribution in [1.82, 2.24) is 15.1 Å². The predicted octanol–water partition coefficient (Wildman–Crippen LogP) is 1.01. The first kappa shape index (κ1) is 15.6. The highest BCUT2D eigenvalue weighted by Crippen LogP contribution is 2.44. The number of aromatic amines is 1. The number of piperidine rings is 1. The van der Waals surface area contributed by atoms with Crippen LogP contribution in [0.2, 0.25) is 0 Å². The standard InChI is InChI=1S/C17H27N3O3/c1-11-14(12(2)19-18-11)8-20-7-13-9-23-6-4-17(13,21)15-10-22-5-3-16(15)20/h13,15-16,21H,3-10H2,1-2H3,(H,18,19)/t13-,15+,16-,17-/m0/s1. The van der Waals surface area contributed by atoms with Gasteiger partial charge in [-0.3, -0.25) is 10.00 Å². The second-order valence-corrected chi connectivity index (χ2v) is 7.39. The van der Waals surface area contributed by atoms with Crippen molar-refractivity contribution in [2.24, 2.45) is 11.8 Å². The maximum Gasteiger partial charge on any atom is 0.0796 e. The van der Waals surface area contributed by atoms with Gasteiger partial charge < -0.3 is 14.6 Å². The van der Waals surface area contributed by atoms with Gasteiger partial charge in [-0.25, -0.2) is 0 Å². The maximum atomic E-state index is 11.3. The molecule has 3 aliphatic rings. The molecule has 1 aromatic rings. The van der Waals surface area contributed by atoms with E-state index in [9.17, 15) is 5.11 Å². The summed E-state index contributed by atoms with van der Waals surface area (Å²) in [7, 11) is 0. The number of nitrogens with one attached hydrogen (secondary N) is 1. The minimum absolute atomic E-state index is 0.173. The van der Waals surface area contributed by atoms with Crippen LogP contribution in [0.15, 0.2) is 0 Å². The molecule has 3 saturated heterocycles. The van der Waals surface area contributed by atoms with E-state index in [1.807, 2.05) is 0 Å². The monoisotopic (exact) mass is 321 g/mol. The summed E-state index contributed by atoms with van der Waals surface area (Å²) in [6.07, 6.45) is 1.73. The highest BCUT2D eigenvalue weighted by molar-refractivity contribution is 5.23. The van der Waals surface area contributed by atoms with Gasteiger partial charge in [0.15, 0.2) is 0 Å². The number of H-pyrrole nitrogens is 1. The molecule has 4 rings (SSSR count). The lowest BCUT2D eigenvalue weighted by Crippen LogP contribution is -2.67. The van der Waals surface area contributed by atoms with Crippen LogP contribution >= 0.6 is 0 Å². The van der Waals surface area contributed by atoms with Crippen LogP contribution < -0.4 is 0 Å². The Bertz CT molecular complexity index is 556. The van der Waals surface area contributed by atoms with E-state index < -0.39 is 5.60 Å². The molecule has 3 aliphatic heterocycles. The molecule has 1 aromatic heterocycles. The lowest BCUT2D eigenvalue weighted by atomic mass is 9.66. The van der Waals surface area contributed by atoms with Gasteiger partial charge in [0.1, 0.15) is 0 Å². The summed E-state index contributed by atoms with van der Waals surface area (Å²) < 4.78 is 11.4. The molecule has 6 nitrogen and oxygen atoms in total. The first-order chi connectivity index (χ1) is 11.1. The number of hydrogen-bond donors (Lipinski definition) is 2. The molecule has 4 atom stereocenters. The van der Waals surface area contributed by atoms with Crippen molar-refractivity contribution in [3.8, 4) is 0 Å². The molecule has 23 heavy (non-hydrogen) atoms. The third kappa shape index (κ3) is 2.52. The second-order valence-electron chi connectivity index (χ2n) is 7.39. The third-order valence-corrected chi connectivity index (χ3v) is 6.20. The quantitative estimate of drug-likeness (QED) is 0.851. The molecule has 0 amide bonds. The van der Waals surface area contributed by atoms with E-state index in [0.717, 1.165) is 43.9 Å². The average molecular weight is 321 g/mol. The summed E-state index contributed by atoms with van der Waals surface area (Å²) >= 11 is 0. The summed E-state index contributed by atoms with van der Waals surface area (Å²) in [5, 5.41) is 18.8. The average Bonchev–Trinajstić information content (AvgIpc) is 2.88. The van der Waals surface area contributed by atoms with E-state index >= 15 is 0 Å². The number of fused-ring (bicyclic) bond motifs is 3. The molecule has 0 radical (unpaired) electrons. The molecule has 0 spiro atoms. The summed E-state index contributed by atoms with van der Waals surface area (Å²) in [4.78, 5) is 2.53. The van der Waals surface area contributed by atoms with E-state index in [2.05, 4.69) is 28.9 Å². The zero-order valence-electron chi connectivity index (χ0n) is 14.0. The Hall–Kier alpha value is -0.950. The molecular formula is C17H27N3O3. The Morgan fingerprint density at radius 2 is 2.13 bits per heavy atom. The van der Waals surface area contributed by atoms with Crippen molar-refractivity contribution in [2.75, 3.05) is 33.0 Å². The highest BCUT2D eigenvalue weighted by atomic mass is 16.5. The molecule has 128 valence electrons. The summed E-state index contributed by atoms with van der Waals surface area (Å²) in [6.45, 7) is 8.69. The topological polar surface area (TPSA) is 70.6 Å². The van der Waals surface area contributed by atoms with Gasteiger partial charge in [0, 0.05) is 61.9 Å². The Balaban J connectivity index is 1.62. The Labute approximate surface area is 137 Å². The molecule has 6 heteroatoms. The Morgan fingerprint density at radius 3 is 2.91 bits per heavy atom. The van der Waals surface area contributed by atoms with Gasteiger partial charge in [-0.2, -0.15) is 5.10 Å². The number of nitrogens with zero attached hydrogens (tertiary/aromatic N) is 2. The molecule has 0 bridgehead atoms. The van der Waals surface area contributed by atoms with Crippen molar-refractivity contribution >= 4 is 0 Å². The van der Waals surface area contributed by atoms with Gasteiger partial charge in [0.2, 0.25) is 0 Å². The number of aliphatic hydroxyl groups is 1. The number of aryl methyl sites for hydroxylation is 2. The first-order valence-electron chi connectivity index (χ1n) is 8.72. The Morgan fingerprint density at radius 1 is 1.30 bits per heavy atom. The molecule has 0 unspecified atom stereocenters. The smallest absolute Gasteiger partial charge is 0.0796 e. The number of rotatable bonds is 2. The summed E-state index contributed by atoms with van der Waals surface area (Å²) in [5.74, 6) is 0.359. The van der Waals surface area contributed by atoms with Gasteiger partial charge in [0.05, 0.1) is 24.5 Å². The predicted molar refractivity (Wildman–Crippen MR) is 85.1 cm³/mol. The molecule has 0 saturated carbocycles.